The van der Waals surface area contributed by atoms with Crippen molar-refractivity contribution in [3.63, 3.8) is 0 Å². The molecule has 0 saturated carbocycles. The van der Waals surface area contributed by atoms with Crippen LogP contribution in [-0.4, -0.2) is 9.55 Å². The number of aromatic nitrogens is 2. The maximum Gasteiger partial charge on any atom is 0.135 e. The Kier molecular flexibility index (Phi) is 13.1. The number of para-hydroxylation sites is 3. The standard InChI is InChI=1S/C68H63N4O.Pt/c1-65(2,3)50-34-35-69-63(41-50)72-59-31-21-20-30-57(59)64-58(66(4,5)6)43-56(44-62(64)72)73-55-40-52(68(9,10)49-28-18-13-19-29-49)39-54(42-55)71-45-70(60-32-22-23-33-61(60)71)53-37-47(46-24-14-11-15-25-46)36-51(38-53)67(7,8)48-26-16-12-17-27-48;/h11-41,43,45H,1-10H3;/q-3;. The van der Waals surface area contributed by atoms with E-state index in [1.54, 1.807) is 0 Å². The minimum atomic E-state index is -0.398. The van der Waals surface area contributed by atoms with Crippen LogP contribution < -0.4 is 14.5 Å². The van der Waals surface area contributed by atoms with Gasteiger partial charge >= 0.3 is 0 Å². The Morgan fingerprint density at radius 3 is 1.68 bits per heavy atom. The van der Waals surface area contributed by atoms with Crippen LogP contribution in [-0.2, 0) is 42.7 Å². The van der Waals surface area contributed by atoms with Crippen molar-refractivity contribution in [2.45, 2.75) is 90.9 Å². The minimum Gasteiger partial charge on any atom is -0.509 e. The summed E-state index contributed by atoms with van der Waals surface area (Å²) >= 11 is 0. The van der Waals surface area contributed by atoms with Gasteiger partial charge in [0.25, 0.3) is 0 Å². The van der Waals surface area contributed by atoms with Crippen LogP contribution in [0, 0.1) is 18.8 Å². The molecule has 0 fully saturated rings. The van der Waals surface area contributed by atoms with Crippen molar-refractivity contribution in [1.29, 1.82) is 0 Å². The van der Waals surface area contributed by atoms with Crippen molar-refractivity contribution in [3.05, 3.63) is 246 Å². The molecule has 0 saturated heterocycles. The zero-order valence-corrected chi connectivity index (χ0v) is 46.3. The first-order chi connectivity index (χ1) is 34.9. The number of fused-ring (bicyclic) bond motifs is 4. The van der Waals surface area contributed by atoms with Gasteiger partial charge < -0.3 is 19.1 Å². The second-order valence-electron chi connectivity index (χ2n) is 22.7. The molecule has 0 bridgehead atoms. The van der Waals surface area contributed by atoms with Crippen LogP contribution in [0.4, 0.5) is 22.7 Å². The molecule has 0 atom stereocenters. The van der Waals surface area contributed by atoms with E-state index in [1.807, 2.05) is 6.20 Å². The monoisotopic (exact) mass is 1150 g/mol. The van der Waals surface area contributed by atoms with E-state index in [9.17, 15) is 0 Å². The molecule has 10 aromatic rings. The molecule has 8 aromatic carbocycles. The van der Waals surface area contributed by atoms with Crippen molar-refractivity contribution in [1.82, 2.24) is 9.55 Å². The van der Waals surface area contributed by atoms with Crippen molar-refractivity contribution in [2.75, 3.05) is 9.80 Å². The molecule has 5 nitrogen and oxygen atoms in total. The molecule has 0 spiro atoms. The fourth-order valence-electron chi connectivity index (χ4n) is 10.5. The molecular weight excluding hydrogens is 1080 g/mol. The smallest absolute Gasteiger partial charge is 0.135 e. The summed E-state index contributed by atoms with van der Waals surface area (Å²) in [5, 5.41) is 2.31. The van der Waals surface area contributed by atoms with Gasteiger partial charge in [-0.15, -0.1) is 53.8 Å². The third-order valence-electron chi connectivity index (χ3n) is 15.0. The Morgan fingerprint density at radius 1 is 0.473 bits per heavy atom. The van der Waals surface area contributed by atoms with Gasteiger partial charge in [0.05, 0.1) is 0 Å². The summed E-state index contributed by atoms with van der Waals surface area (Å²) in [5.41, 5.74) is 14.6. The number of nitrogens with zero attached hydrogens (tertiary/aromatic N) is 4. The van der Waals surface area contributed by atoms with E-state index in [2.05, 4.69) is 290 Å². The summed E-state index contributed by atoms with van der Waals surface area (Å²) in [6.45, 7) is 25.0. The van der Waals surface area contributed by atoms with Crippen molar-refractivity contribution >= 4 is 44.6 Å². The zero-order chi connectivity index (χ0) is 50.9. The van der Waals surface area contributed by atoms with Crippen LogP contribution in [0.3, 0.4) is 0 Å². The fraction of sp³-hybridized carbons (Fsp3) is 0.206. The molecule has 374 valence electrons. The molecule has 0 amide bonds. The van der Waals surface area contributed by atoms with Crippen LogP contribution >= 0.6 is 0 Å². The van der Waals surface area contributed by atoms with Gasteiger partial charge in [-0.2, -0.15) is 0 Å². The number of hydrogen-bond donors (Lipinski definition) is 0. The largest absolute Gasteiger partial charge is 0.509 e. The molecule has 0 aliphatic carbocycles. The molecule has 11 rings (SSSR count). The summed E-state index contributed by atoms with van der Waals surface area (Å²) in [4.78, 5) is 9.60. The van der Waals surface area contributed by atoms with E-state index in [-0.39, 0.29) is 37.3 Å². The molecule has 1 aliphatic heterocycles. The Labute approximate surface area is 452 Å². The third-order valence-corrected chi connectivity index (χ3v) is 15.0. The van der Waals surface area contributed by atoms with E-state index in [4.69, 9.17) is 9.72 Å². The summed E-state index contributed by atoms with van der Waals surface area (Å²) < 4.78 is 9.48. The van der Waals surface area contributed by atoms with Crippen molar-refractivity contribution in [3.8, 4) is 28.4 Å². The zero-order valence-electron chi connectivity index (χ0n) is 44.1. The first-order valence-electron chi connectivity index (χ1n) is 25.5. The average molecular weight is 1150 g/mol. The first kappa shape index (κ1) is 50.3. The van der Waals surface area contributed by atoms with E-state index < -0.39 is 5.41 Å². The molecule has 0 unspecified atom stereocenters. The number of anilines is 4. The second kappa shape index (κ2) is 19.3. The van der Waals surface area contributed by atoms with E-state index in [1.165, 1.54) is 33.4 Å². The number of benzene rings is 8. The number of hydrogen-bond acceptors (Lipinski definition) is 4. The van der Waals surface area contributed by atoms with Gasteiger partial charge in [-0.25, -0.2) is 4.98 Å². The Balaban J connectivity index is 0.00000626. The van der Waals surface area contributed by atoms with Crippen LogP contribution in [0.1, 0.15) is 103 Å². The van der Waals surface area contributed by atoms with Crippen molar-refractivity contribution in [2.24, 2.45) is 0 Å². The normalized spacial score (nSPS) is 13.1. The summed E-state index contributed by atoms with van der Waals surface area (Å²) in [6.07, 6.45) is 1.93. The number of ether oxygens (including phenoxy) is 1. The van der Waals surface area contributed by atoms with Crippen LogP contribution in [0.15, 0.2) is 194 Å². The molecule has 1 aliphatic rings. The third kappa shape index (κ3) is 9.26. The van der Waals surface area contributed by atoms with Gasteiger partial charge in [0.2, 0.25) is 0 Å². The minimum absolute atomic E-state index is 0. The Bertz CT molecular complexity index is 3660. The van der Waals surface area contributed by atoms with Crippen LogP contribution in [0.25, 0.3) is 38.8 Å². The molecule has 3 heterocycles. The quantitative estimate of drug-likeness (QED) is 0.128. The maximum atomic E-state index is 7.22. The van der Waals surface area contributed by atoms with Crippen LogP contribution in [0.5, 0.6) is 11.5 Å². The second-order valence-corrected chi connectivity index (χ2v) is 22.7. The Hall–Kier alpha value is -7.20. The van der Waals surface area contributed by atoms with Crippen LogP contribution in [0.2, 0.25) is 0 Å². The van der Waals surface area contributed by atoms with E-state index in [0.29, 0.717) is 11.5 Å². The van der Waals surface area contributed by atoms with Gasteiger partial charge in [0, 0.05) is 66.8 Å². The molecule has 74 heavy (non-hydrogen) atoms. The summed E-state index contributed by atoms with van der Waals surface area (Å²) in [6, 6.07) is 75.2. The predicted octanol–water partition coefficient (Wildman–Crippen LogP) is 17.9. The fourth-order valence-corrected chi connectivity index (χ4v) is 10.5. The first-order valence-corrected chi connectivity index (χ1v) is 25.5. The van der Waals surface area contributed by atoms with E-state index >= 15 is 0 Å². The van der Waals surface area contributed by atoms with Gasteiger partial charge in [-0.1, -0.05) is 208 Å². The molecule has 0 N–H and O–H groups in total. The molecule has 2 aromatic heterocycles. The molecular formula is C68H63N4OPt-3. The van der Waals surface area contributed by atoms with Gasteiger partial charge in [0.15, 0.2) is 0 Å². The van der Waals surface area contributed by atoms with Gasteiger partial charge in [-0.3, -0.25) is 0 Å². The van der Waals surface area contributed by atoms with Gasteiger partial charge in [0.1, 0.15) is 5.82 Å². The Morgan fingerprint density at radius 2 is 1.04 bits per heavy atom. The number of rotatable bonds is 10. The topological polar surface area (TPSA) is 33.5 Å². The average Bonchev–Trinajstić information content (AvgIpc) is 3.96. The maximum absolute atomic E-state index is 7.22. The SMILES string of the molecule is CC(C)(C)c1ccnc(-n2c3[c-]c(Oc4[c-]c(N5[CH-]N(c6cc(-c7ccccc7)cc(C(C)(C)c7ccccc7)c6)c6ccccc65)cc(C(C)(C)c5ccccc5)c4)cc(C(C)(C)C)c3c3ccccc32)c1.[Pt]. The molecule has 0 radical (unpaired) electrons. The molecule has 6 heteroatoms. The summed E-state index contributed by atoms with van der Waals surface area (Å²) in [7, 11) is 0. The summed E-state index contributed by atoms with van der Waals surface area (Å²) in [5.74, 6) is 2.07. The predicted molar refractivity (Wildman–Crippen MR) is 304 cm³/mol. The van der Waals surface area contributed by atoms with Gasteiger partial charge in [-0.05, 0) is 97.5 Å². The van der Waals surface area contributed by atoms with E-state index in [0.717, 1.165) is 61.5 Å². The number of pyridine rings is 1. The van der Waals surface area contributed by atoms with Crippen molar-refractivity contribution < 1.29 is 25.8 Å².